The number of hydrogen-bond donors (Lipinski definition) is 1. The highest BCUT2D eigenvalue weighted by molar-refractivity contribution is 7.99. The van der Waals surface area contributed by atoms with E-state index in [1.165, 1.54) is 21.8 Å². The normalized spacial score (nSPS) is 12.8. The van der Waals surface area contributed by atoms with E-state index < -0.39 is 0 Å². The Kier molecular flexibility index (Phi) is 4.15. The molecule has 1 N–H and O–H groups in total. The molecule has 0 fully saturated rings. The van der Waals surface area contributed by atoms with E-state index in [1.54, 1.807) is 4.90 Å². The molecule has 2 aromatic carbocycles. The third-order valence-electron chi connectivity index (χ3n) is 3.72. The van der Waals surface area contributed by atoms with Gasteiger partial charge >= 0.3 is 0 Å². The molecule has 0 saturated carbocycles. The summed E-state index contributed by atoms with van der Waals surface area (Å²) in [5, 5.41) is 3.13. The average Bonchev–Trinajstić information content (AvgIpc) is 3.00. The molecule has 0 bridgehead atoms. The number of carbonyl (C=O) groups excluding carboxylic acids is 1. The largest absolute Gasteiger partial charge is 0.386 e. The van der Waals surface area contributed by atoms with Crippen LogP contribution in [0.2, 0.25) is 0 Å². The molecular formula is C17H18N2OS. The minimum absolute atomic E-state index is 0.593. The molecule has 1 amide bonds. The van der Waals surface area contributed by atoms with E-state index in [2.05, 4.69) is 23.5 Å². The summed E-state index contributed by atoms with van der Waals surface area (Å²) in [5.41, 5.74) is 4.46. The fourth-order valence-electron chi connectivity index (χ4n) is 2.62. The molecule has 21 heavy (non-hydrogen) atoms. The first kappa shape index (κ1) is 14.0. The molecule has 108 valence electrons. The van der Waals surface area contributed by atoms with E-state index in [4.69, 9.17) is 0 Å². The molecule has 1 heterocycles. The zero-order valence-corrected chi connectivity index (χ0v) is 12.8. The third-order valence-corrected chi connectivity index (χ3v) is 4.82. The molecule has 1 aliphatic rings. The Balaban J connectivity index is 1.86. The van der Waals surface area contributed by atoms with Crippen LogP contribution in [0, 0.1) is 0 Å². The van der Waals surface area contributed by atoms with Crippen molar-refractivity contribution in [1.82, 2.24) is 0 Å². The summed E-state index contributed by atoms with van der Waals surface area (Å²) in [6.07, 6.45) is 2.05. The summed E-state index contributed by atoms with van der Waals surface area (Å²) in [6.45, 7) is 0.593. The lowest BCUT2D eigenvalue weighted by Gasteiger charge is -2.21. The molecule has 0 radical (unpaired) electrons. The van der Waals surface area contributed by atoms with Crippen molar-refractivity contribution in [1.29, 1.82) is 0 Å². The van der Waals surface area contributed by atoms with Gasteiger partial charge in [-0.2, -0.15) is 0 Å². The first-order chi connectivity index (χ1) is 10.3. The number of rotatable bonds is 5. The second-order valence-electron chi connectivity index (χ2n) is 5.04. The number of thioether (sulfide) groups is 1. The van der Waals surface area contributed by atoms with Crippen LogP contribution >= 0.6 is 11.8 Å². The highest BCUT2D eigenvalue weighted by Crippen LogP contribution is 2.33. The number of para-hydroxylation sites is 2. The van der Waals surface area contributed by atoms with Crippen molar-refractivity contribution >= 4 is 29.5 Å². The number of benzene rings is 2. The molecule has 2 aromatic rings. The number of nitrogens with zero attached hydrogens (tertiary/aromatic N) is 1. The Morgan fingerprint density at radius 1 is 1.29 bits per heavy atom. The van der Waals surface area contributed by atoms with Gasteiger partial charge in [0.1, 0.15) is 0 Å². The topological polar surface area (TPSA) is 32.3 Å². The third kappa shape index (κ3) is 2.90. The summed E-state index contributed by atoms with van der Waals surface area (Å²) in [6, 6.07) is 14.4. The summed E-state index contributed by atoms with van der Waals surface area (Å²) in [5.74, 6) is 1.17. The number of amides is 1. The summed E-state index contributed by atoms with van der Waals surface area (Å²) in [4.78, 5) is 14.6. The second kappa shape index (κ2) is 6.22. The van der Waals surface area contributed by atoms with Gasteiger partial charge in [0.05, 0.1) is 17.9 Å². The van der Waals surface area contributed by atoms with Gasteiger partial charge in [-0.05, 0) is 35.7 Å². The van der Waals surface area contributed by atoms with Crippen LogP contribution in [0.25, 0.3) is 0 Å². The smallest absolute Gasteiger partial charge is 0.214 e. The summed E-state index contributed by atoms with van der Waals surface area (Å²) < 4.78 is 0. The Hall–Kier alpha value is -1.94. The average molecular weight is 298 g/mol. The van der Waals surface area contributed by atoms with Crippen LogP contribution in [-0.2, 0) is 17.8 Å². The van der Waals surface area contributed by atoms with Crippen molar-refractivity contribution in [3.63, 3.8) is 0 Å². The van der Waals surface area contributed by atoms with Crippen molar-refractivity contribution in [2.45, 2.75) is 17.9 Å². The standard InChI is InChI=1S/C17H18N2OS/c1-18-15-4-2-3-5-16(15)19(12-20)11-13-6-7-14-8-9-21-17(14)10-13/h2-7,10,12,18H,8-9,11H2,1H3. The van der Waals surface area contributed by atoms with Gasteiger partial charge < -0.3 is 10.2 Å². The van der Waals surface area contributed by atoms with Gasteiger partial charge in [-0.25, -0.2) is 0 Å². The zero-order chi connectivity index (χ0) is 14.7. The van der Waals surface area contributed by atoms with Gasteiger partial charge in [0.2, 0.25) is 6.41 Å². The molecule has 0 saturated heterocycles. The maximum atomic E-state index is 11.5. The predicted molar refractivity (Wildman–Crippen MR) is 89.1 cm³/mol. The fourth-order valence-corrected chi connectivity index (χ4v) is 3.75. The SMILES string of the molecule is CNc1ccccc1N(C=O)Cc1ccc2c(c1)SCC2. The van der Waals surface area contributed by atoms with Crippen molar-refractivity contribution in [3.8, 4) is 0 Å². The number of hydrogen-bond acceptors (Lipinski definition) is 3. The second-order valence-corrected chi connectivity index (χ2v) is 6.18. The van der Waals surface area contributed by atoms with Crippen molar-refractivity contribution < 1.29 is 4.79 Å². The van der Waals surface area contributed by atoms with E-state index in [0.717, 1.165) is 24.2 Å². The molecule has 0 spiro atoms. The number of aryl methyl sites for hydroxylation is 1. The lowest BCUT2D eigenvalue weighted by Crippen LogP contribution is -2.21. The molecule has 3 nitrogen and oxygen atoms in total. The van der Waals surface area contributed by atoms with E-state index in [0.29, 0.717) is 6.54 Å². The van der Waals surface area contributed by atoms with Crippen molar-refractivity contribution in [3.05, 3.63) is 53.6 Å². The Morgan fingerprint density at radius 2 is 2.14 bits per heavy atom. The maximum Gasteiger partial charge on any atom is 0.214 e. The van der Waals surface area contributed by atoms with E-state index in [1.807, 2.05) is 43.1 Å². The first-order valence-corrected chi connectivity index (χ1v) is 8.03. The summed E-state index contributed by atoms with van der Waals surface area (Å²) >= 11 is 1.90. The van der Waals surface area contributed by atoms with E-state index >= 15 is 0 Å². The van der Waals surface area contributed by atoms with Gasteiger partial charge in [0, 0.05) is 17.7 Å². The predicted octanol–water partition coefficient (Wildman–Crippen LogP) is 3.54. The molecule has 0 unspecified atom stereocenters. The molecule has 0 aromatic heterocycles. The molecule has 1 aliphatic heterocycles. The lowest BCUT2D eigenvalue weighted by atomic mass is 10.1. The monoisotopic (exact) mass is 298 g/mol. The van der Waals surface area contributed by atoms with Gasteiger partial charge in [-0.1, -0.05) is 24.3 Å². The van der Waals surface area contributed by atoms with Crippen LogP contribution in [0.5, 0.6) is 0 Å². The van der Waals surface area contributed by atoms with Crippen LogP contribution in [0.3, 0.4) is 0 Å². The molecular weight excluding hydrogens is 280 g/mol. The van der Waals surface area contributed by atoms with Crippen LogP contribution in [0.4, 0.5) is 11.4 Å². The first-order valence-electron chi connectivity index (χ1n) is 7.05. The van der Waals surface area contributed by atoms with Crippen LogP contribution < -0.4 is 10.2 Å². The van der Waals surface area contributed by atoms with E-state index in [-0.39, 0.29) is 0 Å². The highest BCUT2D eigenvalue weighted by Gasteiger charge is 2.14. The molecule has 0 aliphatic carbocycles. The van der Waals surface area contributed by atoms with Crippen molar-refractivity contribution in [2.75, 3.05) is 23.0 Å². The fraction of sp³-hybridized carbons (Fsp3) is 0.235. The Morgan fingerprint density at radius 3 is 2.95 bits per heavy atom. The minimum atomic E-state index is 0.593. The van der Waals surface area contributed by atoms with Gasteiger partial charge in [-0.3, -0.25) is 4.79 Å². The summed E-state index contributed by atoms with van der Waals surface area (Å²) in [7, 11) is 1.87. The highest BCUT2D eigenvalue weighted by atomic mass is 32.2. The van der Waals surface area contributed by atoms with E-state index in [9.17, 15) is 4.79 Å². The Bertz CT molecular complexity index is 657. The minimum Gasteiger partial charge on any atom is -0.386 e. The van der Waals surface area contributed by atoms with Crippen LogP contribution in [-0.4, -0.2) is 19.2 Å². The van der Waals surface area contributed by atoms with Gasteiger partial charge in [-0.15, -0.1) is 11.8 Å². The van der Waals surface area contributed by atoms with Gasteiger partial charge in [0.15, 0.2) is 0 Å². The zero-order valence-electron chi connectivity index (χ0n) is 12.0. The van der Waals surface area contributed by atoms with Crippen LogP contribution in [0.1, 0.15) is 11.1 Å². The Labute approximate surface area is 129 Å². The van der Waals surface area contributed by atoms with Gasteiger partial charge in [0.25, 0.3) is 0 Å². The quantitative estimate of drug-likeness (QED) is 0.857. The molecule has 0 atom stereocenters. The molecule has 4 heteroatoms. The van der Waals surface area contributed by atoms with Crippen molar-refractivity contribution in [2.24, 2.45) is 0 Å². The maximum absolute atomic E-state index is 11.5. The number of nitrogens with one attached hydrogen (secondary N) is 1. The lowest BCUT2D eigenvalue weighted by molar-refractivity contribution is -0.107. The van der Waals surface area contributed by atoms with Crippen LogP contribution in [0.15, 0.2) is 47.4 Å². The number of anilines is 2. The molecule has 3 rings (SSSR count). The number of carbonyl (C=O) groups is 1. The number of fused-ring (bicyclic) bond motifs is 1.